The molecule has 0 saturated carbocycles. The van der Waals surface area contributed by atoms with E-state index in [4.69, 9.17) is 23.2 Å². The Balaban J connectivity index is 2.39. The number of fused-ring (bicyclic) bond motifs is 1. The predicted octanol–water partition coefficient (Wildman–Crippen LogP) is 4.01. The third kappa shape index (κ3) is 1.76. The highest BCUT2D eigenvalue weighted by molar-refractivity contribution is 6.33. The van der Waals surface area contributed by atoms with Crippen molar-refractivity contribution in [2.75, 3.05) is 0 Å². The van der Waals surface area contributed by atoms with Crippen LogP contribution in [0.1, 0.15) is 5.69 Å². The molecule has 3 rings (SSSR count). The van der Waals surface area contributed by atoms with E-state index in [2.05, 4.69) is 10.1 Å². The van der Waals surface area contributed by atoms with Crippen LogP contribution in [-0.2, 0) is 0 Å². The van der Waals surface area contributed by atoms with E-state index in [1.165, 1.54) is 0 Å². The van der Waals surface area contributed by atoms with Gasteiger partial charge in [-0.15, -0.1) is 0 Å². The summed E-state index contributed by atoms with van der Waals surface area (Å²) in [6.07, 6.45) is 0. The SMILES string of the molecule is Cc1nn2c(Cl)cc(Cl)nc2c1-c1ccccc1. The number of halogens is 2. The largest absolute Gasteiger partial charge is 0.216 e. The van der Waals surface area contributed by atoms with Crippen molar-refractivity contribution < 1.29 is 0 Å². The molecule has 0 aliphatic heterocycles. The van der Waals surface area contributed by atoms with E-state index < -0.39 is 0 Å². The molecule has 90 valence electrons. The van der Waals surface area contributed by atoms with E-state index in [-0.39, 0.29) is 0 Å². The van der Waals surface area contributed by atoms with Gasteiger partial charge in [0.1, 0.15) is 10.3 Å². The highest BCUT2D eigenvalue weighted by Gasteiger charge is 2.15. The Hall–Kier alpha value is -1.58. The van der Waals surface area contributed by atoms with Gasteiger partial charge >= 0.3 is 0 Å². The number of benzene rings is 1. The molecule has 3 aromatic rings. The normalized spacial score (nSPS) is 11.1. The average molecular weight is 278 g/mol. The average Bonchev–Trinajstić information content (AvgIpc) is 2.67. The number of aryl methyl sites for hydroxylation is 1. The Labute approximate surface area is 114 Å². The van der Waals surface area contributed by atoms with Crippen LogP contribution < -0.4 is 0 Å². The third-order valence-corrected chi connectivity index (χ3v) is 3.21. The first kappa shape index (κ1) is 11.5. The molecule has 18 heavy (non-hydrogen) atoms. The van der Waals surface area contributed by atoms with Crippen molar-refractivity contribution in [2.45, 2.75) is 6.92 Å². The molecule has 3 nitrogen and oxygen atoms in total. The van der Waals surface area contributed by atoms with E-state index in [9.17, 15) is 0 Å². The lowest BCUT2D eigenvalue weighted by molar-refractivity contribution is 0.918. The maximum atomic E-state index is 6.11. The van der Waals surface area contributed by atoms with Crippen molar-refractivity contribution in [3.63, 3.8) is 0 Å². The van der Waals surface area contributed by atoms with Crippen LogP contribution in [0.4, 0.5) is 0 Å². The van der Waals surface area contributed by atoms with Crippen molar-refractivity contribution in [3.05, 3.63) is 52.4 Å². The summed E-state index contributed by atoms with van der Waals surface area (Å²) >= 11 is 12.1. The van der Waals surface area contributed by atoms with Crippen LogP contribution in [0, 0.1) is 6.92 Å². The zero-order valence-electron chi connectivity index (χ0n) is 9.56. The number of aromatic nitrogens is 3. The summed E-state index contributed by atoms with van der Waals surface area (Å²) in [5.41, 5.74) is 3.56. The van der Waals surface area contributed by atoms with E-state index in [1.807, 2.05) is 37.3 Å². The van der Waals surface area contributed by atoms with Gasteiger partial charge in [-0.25, -0.2) is 9.50 Å². The molecule has 0 aliphatic rings. The second kappa shape index (κ2) is 4.26. The first-order chi connectivity index (χ1) is 8.66. The van der Waals surface area contributed by atoms with Crippen molar-refractivity contribution in [1.29, 1.82) is 0 Å². The fourth-order valence-electron chi connectivity index (χ4n) is 2.00. The maximum Gasteiger partial charge on any atom is 0.166 e. The first-order valence-corrected chi connectivity index (χ1v) is 6.19. The summed E-state index contributed by atoms with van der Waals surface area (Å²) in [4.78, 5) is 4.32. The van der Waals surface area contributed by atoms with Crippen molar-refractivity contribution in [1.82, 2.24) is 14.6 Å². The highest BCUT2D eigenvalue weighted by atomic mass is 35.5. The standard InChI is InChI=1S/C13H9Cl2N3/c1-8-12(9-5-3-2-4-6-9)13-16-10(14)7-11(15)18(13)17-8/h2-7H,1H3. The van der Waals surface area contributed by atoms with Gasteiger partial charge in [0.25, 0.3) is 0 Å². The zero-order chi connectivity index (χ0) is 12.7. The minimum atomic E-state index is 0.365. The van der Waals surface area contributed by atoms with Crippen LogP contribution in [0.3, 0.4) is 0 Å². The lowest BCUT2D eigenvalue weighted by Gasteiger charge is -2.01. The van der Waals surface area contributed by atoms with E-state index in [0.29, 0.717) is 16.0 Å². The molecule has 0 aliphatic carbocycles. The van der Waals surface area contributed by atoms with Crippen LogP contribution >= 0.6 is 23.2 Å². The van der Waals surface area contributed by atoms with Gasteiger partial charge in [-0.1, -0.05) is 53.5 Å². The molecule has 5 heteroatoms. The summed E-state index contributed by atoms with van der Waals surface area (Å²) in [5.74, 6) is 0. The molecule has 1 aromatic carbocycles. The molecule has 0 unspecified atom stereocenters. The van der Waals surface area contributed by atoms with Crippen LogP contribution in [-0.4, -0.2) is 14.6 Å². The molecule has 0 atom stereocenters. The second-order valence-corrected chi connectivity index (χ2v) is 4.74. The molecule has 0 saturated heterocycles. The third-order valence-electron chi connectivity index (χ3n) is 2.75. The summed E-state index contributed by atoms with van der Waals surface area (Å²) in [6, 6.07) is 11.5. The molecule has 2 heterocycles. The number of hydrogen-bond donors (Lipinski definition) is 0. The summed E-state index contributed by atoms with van der Waals surface area (Å²) in [5, 5.41) is 5.21. The van der Waals surface area contributed by atoms with Crippen molar-refractivity contribution in [2.24, 2.45) is 0 Å². The van der Waals surface area contributed by atoms with Crippen molar-refractivity contribution >= 4 is 28.8 Å². The topological polar surface area (TPSA) is 30.2 Å². The lowest BCUT2D eigenvalue weighted by atomic mass is 10.1. The Morgan fingerprint density at radius 3 is 2.56 bits per heavy atom. The summed E-state index contributed by atoms with van der Waals surface area (Å²) in [6.45, 7) is 1.93. The zero-order valence-corrected chi connectivity index (χ0v) is 11.1. The summed E-state index contributed by atoms with van der Waals surface area (Å²) in [7, 11) is 0. The minimum Gasteiger partial charge on any atom is -0.216 e. The van der Waals surface area contributed by atoms with E-state index in [1.54, 1.807) is 10.6 Å². The Morgan fingerprint density at radius 1 is 1.11 bits per heavy atom. The smallest absolute Gasteiger partial charge is 0.166 e. The van der Waals surface area contributed by atoms with Crippen LogP contribution in [0.25, 0.3) is 16.8 Å². The van der Waals surface area contributed by atoms with Crippen LogP contribution in [0.2, 0.25) is 10.3 Å². The van der Waals surface area contributed by atoms with Gasteiger partial charge in [-0.3, -0.25) is 0 Å². The molecule has 0 N–H and O–H groups in total. The fourth-order valence-corrected chi connectivity index (χ4v) is 2.46. The first-order valence-electron chi connectivity index (χ1n) is 5.43. The Bertz CT molecular complexity index is 720. The summed E-state index contributed by atoms with van der Waals surface area (Å²) < 4.78 is 1.60. The molecule has 0 bridgehead atoms. The molecular weight excluding hydrogens is 269 g/mol. The number of rotatable bonds is 1. The van der Waals surface area contributed by atoms with Gasteiger partial charge in [0.15, 0.2) is 5.65 Å². The maximum absolute atomic E-state index is 6.11. The second-order valence-electron chi connectivity index (χ2n) is 3.96. The monoisotopic (exact) mass is 277 g/mol. The molecular formula is C13H9Cl2N3. The molecule has 0 spiro atoms. The molecule has 2 aromatic heterocycles. The van der Waals surface area contributed by atoms with Gasteiger partial charge in [0.05, 0.1) is 5.69 Å². The lowest BCUT2D eigenvalue weighted by Crippen LogP contribution is -1.92. The van der Waals surface area contributed by atoms with Crippen LogP contribution in [0.15, 0.2) is 36.4 Å². The Morgan fingerprint density at radius 2 is 1.83 bits per heavy atom. The molecule has 0 fully saturated rings. The van der Waals surface area contributed by atoms with Gasteiger partial charge in [0, 0.05) is 11.6 Å². The molecule has 0 amide bonds. The van der Waals surface area contributed by atoms with Crippen LogP contribution in [0.5, 0.6) is 0 Å². The van der Waals surface area contributed by atoms with Gasteiger partial charge in [-0.2, -0.15) is 5.10 Å². The van der Waals surface area contributed by atoms with Gasteiger partial charge < -0.3 is 0 Å². The number of nitrogens with zero attached hydrogens (tertiary/aromatic N) is 3. The molecule has 0 radical (unpaired) electrons. The van der Waals surface area contributed by atoms with E-state index in [0.717, 1.165) is 16.8 Å². The van der Waals surface area contributed by atoms with Crippen molar-refractivity contribution in [3.8, 4) is 11.1 Å². The highest BCUT2D eigenvalue weighted by Crippen LogP contribution is 2.29. The predicted molar refractivity (Wildman–Crippen MR) is 73.2 cm³/mol. The van der Waals surface area contributed by atoms with Gasteiger partial charge in [0.2, 0.25) is 0 Å². The van der Waals surface area contributed by atoms with Gasteiger partial charge in [-0.05, 0) is 12.5 Å². The number of hydrogen-bond acceptors (Lipinski definition) is 2. The fraction of sp³-hybridized carbons (Fsp3) is 0.0769. The van der Waals surface area contributed by atoms with E-state index >= 15 is 0 Å². The minimum absolute atomic E-state index is 0.365. The quantitative estimate of drug-likeness (QED) is 0.629. The Kier molecular flexibility index (Phi) is 2.73.